The molecule has 2 aliphatic heterocycles. The molecule has 126 valence electrons. The third kappa shape index (κ3) is 3.15. The number of ether oxygens (including phenoxy) is 1. The molecule has 0 amide bonds. The zero-order chi connectivity index (χ0) is 15.9. The van der Waals surface area contributed by atoms with Gasteiger partial charge in [0.1, 0.15) is 0 Å². The molecule has 3 heterocycles. The Morgan fingerprint density at radius 1 is 1.22 bits per heavy atom. The minimum atomic E-state index is -3.14. The third-order valence-electron chi connectivity index (χ3n) is 5.00. The lowest BCUT2D eigenvalue weighted by molar-refractivity contribution is -0.0772. The number of fused-ring (bicyclic) bond motifs is 1. The SMILES string of the molecule is O=S(=O)(C1CC1)N1CCO[C@H]2CCN(Cc3ccccn3)C[C@@H]21. The average molecular weight is 337 g/mol. The lowest BCUT2D eigenvalue weighted by Gasteiger charge is -2.46. The molecule has 4 rings (SSSR count). The number of piperidine rings is 1. The predicted octanol–water partition coefficient (Wildman–Crippen LogP) is 0.849. The molecule has 0 N–H and O–H groups in total. The Kier molecular flexibility index (Phi) is 4.13. The van der Waals surface area contributed by atoms with Gasteiger partial charge in [0.2, 0.25) is 10.0 Å². The first-order valence-electron chi connectivity index (χ1n) is 8.39. The van der Waals surface area contributed by atoms with Gasteiger partial charge in [-0.15, -0.1) is 0 Å². The summed E-state index contributed by atoms with van der Waals surface area (Å²) in [7, 11) is -3.14. The number of sulfonamides is 1. The van der Waals surface area contributed by atoms with Crippen molar-refractivity contribution in [3.63, 3.8) is 0 Å². The molecule has 0 bridgehead atoms. The van der Waals surface area contributed by atoms with E-state index in [2.05, 4.69) is 9.88 Å². The molecule has 0 radical (unpaired) electrons. The number of rotatable bonds is 4. The monoisotopic (exact) mass is 337 g/mol. The first kappa shape index (κ1) is 15.5. The van der Waals surface area contributed by atoms with Gasteiger partial charge >= 0.3 is 0 Å². The largest absolute Gasteiger partial charge is 0.375 e. The lowest BCUT2D eigenvalue weighted by atomic mass is 10.0. The highest BCUT2D eigenvalue weighted by Crippen LogP contribution is 2.35. The second-order valence-electron chi connectivity index (χ2n) is 6.68. The number of hydrogen-bond acceptors (Lipinski definition) is 5. The molecule has 1 aromatic heterocycles. The van der Waals surface area contributed by atoms with Gasteiger partial charge in [-0.05, 0) is 31.4 Å². The molecule has 3 aliphatic rings. The summed E-state index contributed by atoms with van der Waals surface area (Å²) in [6.45, 7) is 3.44. The van der Waals surface area contributed by atoms with Gasteiger partial charge in [0, 0.05) is 32.4 Å². The van der Waals surface area contributed by atoms with Gasteiger partial charge in [0.25, 0.3) is 0 Å². The molecule has 2 atom stereocenters. The molecule has 2 saturated heterocycles. The smallest absolute Gasteiger partial charge is 0.217 e. The predicted molar refractivity (Wildman–Crippen MR) is 86.3 cm³/mol. The van der Waals surface area contributed by atoms with Crippen LogP contribution in [-0.2, 0) is 21.3 Å². The summed E-state index contributed by atoms with van der Waals surface area (Å²) in [5.74, 6) is 0. The van der Waals surface area contributed by atoms with Gasteiger partial charge in [-0.3, -0.25) is 9.88 Å². The zero-order valence-electron chi connectivity index (χ0n) is 13.2. The first-order valence-corrected chi connectivity index (χ1v) is 9.89. The fraction of sp³-hybridized carbons (Fsp3) is 0.688. The van der Waals surface area contributed by atoms with Gasteiger partial charge in [-0.2, -0.15) is 4.31 Å². The quantitative estimate of drug-likeness (QED) is 0.815. The molecule has 6 nitrogen and oxygen atoms in total. The van der Waals surface area contributed by atoms with Crippen molar-refractivity contribution in [3.8, 4) is 0 Å². The molecule has 0 aromatic carbocycles. The molecule has 1 aliphatic carbocycles. The molecular formula is C16H23N3O3S. The Labute approximate surface area is 137 Å². The number of aromatic nitrogens is 1. The van der Waals surface area contributed by atoms with Gasteiger partial charge < -0.3 is 4.74 Å². The molecule has 1 saturated carbocycles. The van der Waals surface area contributed by atoms with E-state index in [1.54, 1.807) is 10.5 Å². The van der Waals surface area contributed by atoms with Crippen LogP contribution in [0.5, 0.6) is 0 Å². The van der Waals surface area contributed by atoms with Crippen molar-refractivity contribution < 1.29 is 13.2 Å². The lowest BCUT2D eigenvalue weighted by Crippen LogP contribution is -2.61. The van der Waals surface area contributed by atoms with E-state index in [4.69, 9.17) is 4.74 Å². The Morgan fingerprint density at radius 3 is 2.83 bits per heavy atom. The van der Waals surface area contributed by atoms with Gasteiger partial charge in [-0.1, -0.05) is 6.07 Å². The van der Waals surface area contributed by atoms with Gasteiger partial charge in [-0.25, -0.2) is 8.42 Å². The van der Waals surface area contributed by atoms with E-state index in [-0.39, 0.29) is 17.4 Å². The molecule has 7 heteroatoms. The third-order valence-corrected chi connectivity index (χ3v) is 7.42. The van der Waals surface area contributed by atoms with Crippen LogP contribution in [-0.4, -0.2) is 66.2 Å². The minimum absolute atomic E-state index is 0.0391. The molecule has 23 heavy (non-hydrogen) atoms. The van der Waals surface area contributed by atoms with Crippen LogP contribution in [0.25, 0.3) is 0 Å². The average Bonchev–Trinajstić information content (AvgIpc) is 3.40. The maximum atomic E-state index is 12.7. The molecule has 0 spiro atoms. The van der Waals surface area contributed by atoms with Crippen molar-refractivity contribution in [3.05, 3.63) is 30.1 Å². The minimum Gasteiger partial charge on any atom is -0.375 e. The van der Waals surface area contributed by atoms with E-state index in [9.17, 15) is 8.42 Å². The van der Waals surface area contributed by atoms with Crippen molar-refractivity contribution in [2.45, 2.75) is 43.2 Å². The molecule has 1 aromatic rings. The zero-order valence-corrected chi connectivity index (χ0v) is 14.0. The fourth-order valence-electron chi connectivity index (χ4n) is 3.64. The normalized spacial score (nSPS) is 30.1. The van der Waals surface area contributed by atoms with Crippen molar-refractivity contribution in [1.29, 1.82) is 0 Å². The summed E-state index contributed by atoms with van der Waals surface area (Å²) in [5, 5.41) is -0.146. The Morgan fingerprint density at radius 2 is 2.09 bits per heavy atom. The second-order valence-corrected chi connectivity index (χ2v) is 8.84. The fourth-order valence-corrected chi connectivity index (χ4v) is 5.67. The van der Waals surface area contributed by atoms with E-state index in [0.29, 0.717) is 13.2 Å². The summed E-state index contributed by atoms with van der Waals surface area (Å²) in [5.41, 5.74) is 1.03. The topological polar surface area (TPSA) is 62.7 Å². The van der Waals surface area contributed by atoms with Gasteiger partial charge in [0.05, 0.1) is 29.7 Å². The van der Waals surface area contributed by atoms with Crippen LogP contribution in [0, 0.1) is 0 Å². The van der Waals surface area contributed by atoms with Crippen LogP contribution in [0.3, 0.4) is 0 Å². The highest BCUT2D eigenvalue weighted by molar-refractivity contribution is 7.90. The molecule has 0 unspecified atom stereocenters. The second kappa shape index (κ2) is 6.12. The van der Waals surface area contributed by atoms with E-state index in [1.165, 1.54) is 0 Å². The summed E-state index contributed by atoms with van der Waals surface area (Å²) >= 11 is 0. The van der Waals surface area contributed by atoms with Crippen molar-refractivity contribution in [2.75, 3.05) is 26.2 Å². The van der Waals surface area contributed by atoms with E-state index >= 15 is 0 Å². The van der Waals surface area contributed by atoms with Crippen LogP contribution in [0.2, 0.25) is 0 Å². The van der Waals surface area contributed by atoms with Crippen molar-refractivity contribution in [2.24, 2.45) is 0 Å². The van der Waals surface area contributed by atoms with Crippen LogP contribution >= 0.6 is 0 Å². The summed E-state index contributed by atoms with van der Waals surface area (Å²) in [6.07, 6.45) is 4.35. The van der Waals surface area contributed by atoms with Crippen molar-refractivity contribution in [1.82, 2.24) is 14.2 Å². The van der Waals surface area contributed by atoms with Crippen LogP contribution in [0.1, 0.15) is 25.0 Å². The molecule has 3 fully saturated rings. The summed E-state index contributed by atoms with van der Waals surface area (Å²) in [6, 6.07) is 5.87. The summed E-state index contributed by atoms with van der Waals surface area (Å²) in [4.78, 5) is 6.68. The van der Waals surface area contributed by atoms with E-state index in [1.807, 2.05) is 18.2 Å². The van der Waals surface area contributed by atoms with Crippen molar-refractivity contribution >= 4 is 10.0 Å². The van der Waals surface area contributed by atoms with E-state index in [0.717, 1.165) is 44.6 Å². The number of pyridine rings is 1. The standard InChI is InChI=1S/C16H23N3O3S/c20-23(21,14-4-5-14)19-9-10-22-16-6-8-18(12-15(16)19)11-13-3-1-2-7-17-13/h1-3,7,14-16H,4-6,8-12H2/t15-,16-/m0/s1. The highest BCUT2D eigenvalue weighted by Gasteiger charge is 2.47. The number of likely N-dealkylation sites (tertiary alicyclic amines) is 1. The van der Waals surface area contributed by atoms with Crippen LogP contribution in [0.15, 0.2) is 24.4 Å². The van der Waals surface area contributed by atoms with Gasteiger partial charge in [0.15, 0.2) is 0 Å². The number of morpholine rings is 1. The first-order chi connectivity index (χ1) is 11.1. The highest BCUT2D eigenvalue weighted by atomic mass is 32.2. The Bertz CT molecular complexity index is 648. The number of nitrogens with zero attached hydrogens (tertiary/aromatic N) is 3. The van der Waals surface area contributed by atoms with Crippen LogP contribution < -0.4 is 0 Å². The summed E-state index contributed by atoms with van der Waals surface area (Å²) < 4.78 is 33.0. The molecular weight excluding hydrogens is 314 g/mol. The maximum Gasteiger partial charge on any atom is 0.217 e. The maximum absolute atomic E-state index is 12.7. The van der Waals surface area contributed by atoms with Crippen LogP contribution in [0.4, 0.5) is 0 Å². The Hall–Kier alpha value is -1.02. The van der Waals surface area contributed by atoms with E-state index < -0.39 is 10.0 Å². The number of hydrogen-bond donors (Lipinski definition) is 0. The Balaban J connectivity index is 1.49.